The third kappa shape index (κ3) is 3.52. The van der Waals surface area contributed by atoms with Crippen molar-refractivity contribution in [1.29, 1.82) is 0 Å². The van der Waals surface area contributed by atoms with Crippen LogP contribution in [0.1, 0.15) is 13.8 Å². The maximum Gasteiger partial charge on any atom is 0.346 e. The van der Waals surface area contributed by atoms with Crippen LogP contribution in [0.5, 0.6) is 0 Å². The molecule has 0 aliphatic heterocycles. The van der Waals surface area contributed by atoms with Gasteiger partial charge in [0.25, 0.3) is 0 Å². The Morgan fingerprint density at radius 1 is 1.40 bits per heavy atom. The van der Waals surface area contributed by atoms with Crippen molar-refractivity contribution in [2.24, 2.45) is 0 Å². The van der Waals surface area contributed by atoms with E-state index in [-0.39, 0.29) is 6.03 Å². The molecule has 0 bridgehead atoms. The average Bonchev–Trinajstić information content (AvgIpc) is 2.88. The third-order valence-corrected chi connectivity index (χ3v) is 3.80. The van der Waals surface area contributed by atoms with E-state index >= 15 is 0 Å². The Bertz CT molecular complexity index is 598. The molecule has 20 heavy (non-hydrogen) atoms. The van der Waals surface area contributed by atoms with Crippen LogP contribution in [-0.2, 0) is 0 Å². The highest BCUT2D eigenvalue weighted by Gasteiger charge is 2.14. The maximum atomic E-state index is 12.1. The summed E-state index contributed by atoms with van der Waals surface area (Å²) in [5.41, 5.74) is 0. The lowest BCUT2D eigenvalue weighted by molar-refractivity contribution is 0.201. The van der Waals surface area contributed by atoms with Gasteiger partial charge in [0, 0.05) is 23.0 Å². The van der Waals surface area contributed by atoms with Crippen molar-refractivity contribution >= 4 is 29.4 Å². The zero-order valence-electron chi connectivity index (χ0n) is 11.3. The molecular formula is C13H15ClN4OS. The fourth-order valence-corrected chi connectivity index (χ4v) is 2.69. The fourth-order valence-electron chi connectivity index (χ4n) is 1.66. The highest BCUT2D eigenvalue weighted by Crippen LogP contribution is 2.26. The number of hydrogen-bond donors (Lipinski definition) is 0. The molecule has 0 atom stereocenters. The van der Waals surface area contributed by atoms with Crippen LogP contribution in [-0.4, -0.2) is 38.8 Å². The van der Waals surface area contributed by atoms with Crippen LogP contribution < -0.4 is 0 Å². The lowest BCUT2D eigenvalue weighted by Crippen LogP contribution is -2.34. The Labute approximate surface area is 126 Å². The number of amides is 1. The number of carbonyl (C=O) groups excluding carboxylic acids is 1. The van der Waals surface area contributed by atoms with Gasteiger partial charge in [-0.3, -0.25) is 0 Å². The molecule has 0 aliphatic carbocycles. The molecule has 0 aliphatic rings. The van der Waals surface area contributed by atoms with Gasteiger partial charge in [0.1, 0.15) is 6.33 Å². The minimum absolute atomic E-state index is 0.166. The third-order valence-electron chi connectivity index (χ3n) is 2.71. The second-order valence-corrected chi connectivity index (χ2v) is 5.46. The quantitative estimate of drug-likeness (QED) is 0.868. The molecule has 1 aromatic heterocycles. The molecule has 0 radical (unpaired) electrons. The van der Waals surface area contributed by atoms with E-state index in [0.717, 1.165) is 4.90 Å². The van der Waals surface area contributed by atoms with Gasteiger partial charge >= 0.3 is 6.03 Å². The van der Waals surface area contributed by atoms with E-state index in [0.29, 0.717) is 23.3 Å². The summed E-state index contributed by atoms with van der Waals surface area (Å²) >= 11 is 7.29. The summed E-state index contributed by atoms with van der Waals surface area (Å²) in [5, 5.41) is 5.37. The molecule has 7 heteroatoms. The van der Waals surface area contributed by atoms with Crippen molar-refractivity contribution in [3.8, 4) is 0 Å². The molecule has 1 heterocycles. The van der Waals surface area contributed by atoms with Gasteiger partial charge in [-0.25, -0.2) is 9.78 Å². The van der Waals surface area contributed by atoms with Gasteiger partial charge < -0.3 is 4.90 Å². The van der Waals surface area contributed by atoms with Crippen LogP contribution in [0.15, 0.2) is 40.6 Å². The van der Waals surface area contributed by atoms with Gasteiger partial charge in [-0.2, -0.15) is 4.68 Å². The average molecular weight is 311 g/mol. The SMILES string of the molecule is CCN(CC)C(=O)n1cnc(Sc2cccc(Cl)c2)n1. The Morgan fingerprint density at radius 3 is 2.80 bits per heavy atom. The molecule has 0 spiro atoms. The first-order chi connectivity index (χ1) is 9.63. The summed E-state index contributed by atoms with van der Waals surface area (Å²) in [6, 6.07) is 7.26. The number of hydrogen-bond acceptors (Lipinski definition) is 4. The van der Waals surface area contributed by atoms with E-state index in [2.05, 4.69) is 10.1 Å². The Balaban J connectivity index is 2.11. The van der Waals surface area contributed by atoms with Crippen molar-refractivity contribution in [1.82, 2.24) is 19.7 Å². The largest absolute Gasteiger partial charge is 0.346 e. The molecule has 0 unspecified atom stereocenters. The normalized spacial score (nSPS) is 10.6. The lowest BCUT2D eigenvalue weighted by Gasteiger charge is -2.17. The fraction of sp³-hybridized carbons (Fsp3) is 0.308. The van der Waals surface area contributed by atoms with Crippen molar-refractivity contribution < 1.29 is 4.79 Å². The van der Waals surface area contributed by atoms with Gasteiger partial charge in [-0.1, -0.05) is 17.7 Å². The topological polar surface area (TPSA) is 51.0 Å². The molecule has 1 amide bonds. The second kappa shape index (κ2) is 6.76. The second-order valence-electron chi connectivity index (χ2n) is 3.99. The number of benzene rings is 1. The van der Waals surface area contributed by atoms with Crippen LogP contribution in [0.3, 0.4) is 0 Å². The first-order valence-electron chi connectivity index (χ1n) is 6.28. The number of rotatable bonds is 4. The Kier molecular flexibility index (Phi) is 5.03. The highest BCUT2D eigenvalue weighted by atomic mass is 35.5. The molecule has 2 aromatic rings. The minimum Gasteiger partial charge on any atom is -0.323 e. The van der Waals surface area contributed by atoms with Gasteiger partial charge in [0.2, 0.25) is 5.16 Å². The molecule has 0 fully saturated rings. The van der Waals surface area contributed by atoms with E-state index in [1.165, 1.54) is 22.8 Å². The van der Waals surface area contributed by atoms with Crippen molar-refractivity contribution in [2.75, 3.05) is 13.1 Å². The minimum atomic E-state index is -0.166. The molecule has 0 saturated heterocycles. The van der Waals surface area contributed by atoms with Gasteiger partial charge in [-0.05, 0) is 43.8 Å². The van der Waals surface area contributed by atoms with Gasteiger partial charge in [0.05, 0.1) is 0 Å². The summed E-state index contributed by atoms with van der Waals surface area (Å²) in [6.45, 7) is 5.15. The molecule has 0 N–H and O–H groups in total. The maximum absolute atomic E-state index is 12.1. The van der Waals surface area contributed by atoms with Crippen molar-refractivity contribution in [3.63, 3.8) is 0 Å². The molecule has 2 rings (SSSR count). The van der Waals surface area contributed by atoms with Gasteiger partial charge in [-0.15, -0.1) is 5.10 Å². The van der Waals surface area contributed by atoms with E-state index in [9.17, 15) is 4.79 Å². The van der Waals surface area contributed by atoms with Crippen LogP contribution in [0, 0.1) is 0 Å². The molecule has 5 nitrogen and oxygen atoms in total. The van der Waals surface area contributed by atoms with E-state index < -0.39 is 0 Å². The number of halogens is 1. The van der Waals surface area contributed by atoms with Crippen LogP contribution in [0.4, 0.5) is 4.79 Å². The molecule has 0 saturated carbocycles. The first-order valence-corrected chi connectivity index (χ1v) is 7.47. The zero-order chi connectivity index (χ0) is 14.5. The van der Waals surface area contributed by atoms with Crippen LogP contribution in [0.25, 0.3) is 0 Å². The van der Waals surface area contributed by atoms with Crippen LogP contribution >= 0.6 is 23.4 Å². The van der Waals surface area contributed by atoms with Crippen LogP contribution in [0.2, 0.25) is 5.02 Å². The first kappa shape index (κ1) is 14.9. The number of nitrogens with zero attached hydrogens (tertiary/aromatic N) is 4. The number of aromatic nitrogens is 3. The smallest absolute Gasteiger partial charge is 0.323 e. The summed E-state index contributed by atoms with van der Waals surface area (Å²) in [7, 11) is 0. The summed E-state index contributed by atoms with van der Waals surface area (Å²) in [5.74, 6) is 0. The van der Waals surface area contributed by atoms with E-state index in [4.69, 9.17) is 11.6 Å². The number of carbonyl (C=O) groups is 1. The summed E-state index contributed by atoms with van der Waals surface area (Å²) < 4.78 is 1.26. The van der Waals surface area contributed by atoms with Crippen molar-refractivity contribution in [2.45, 2.75) is 23.9 Å². The molecule has 1 aromatic carbocycles. The monoisotopic (exact) mass is 310 g/mol. The predicted octanol–water partition coefficient (Wildman–Crippen LogP) is 3.39. The highest BCUT2D eigenvalue weighted by molar-refractivity contribution is 7.99. The molecule has 106 valence electrons. The van der Waals surface area contributed by atoms with Gasteiger partial charge in [0.15, 0.2) is 0 Å². The summed E-state index contributed by atoms with van der Waals surface area (Å²) in [4.78, 5) is 18.8. The Hall–Kier alpha value is -1.53. The summed E-state index contributed by atoms with van der Waals surface area (Å²) in [6.07, 6.45) is 1.44. The predicted molar refractivity (Wildman–Crippen MR) is 79.3 cm³/mol. The van der Waals surface area contributed by atoms with E-state index in [1.807, 2.05) is 38.1 Å². The molecular weight excluding hydrogens is 296 g/mol. The standard InChI is InChI=1S/C13H15ClN4OS/c1-3-17(4-2)13(19)18-9-15-12(16-18)20-11-7-5-6-10(14)8-11/h5-9H,3-4H2,1-2H3. The van der Waals surface area contributed by atoms with E-state index in [1.54, 1.807) is 4.90 Å². The lowest BCUT2D eigenvalue weighted by atomic mass is 10.4. The van der Waals surface area contributed by atoms with Crippen molar-refractivity contribution in [3.05, 3.63) is 35.6 Å². The zero-order valence-corrected chi connectivity index (χ0v) is 12.9. The Morgan fingerprint density at radius 2 is 2.15 bits per heavy atom.